The van der Waals surface area contributed by atoms with Crippen LogP contribution in [0.3, 0.4) is 0 Å². The zero-order chi connectivity index (χ0) is 19.0. The molecule has 142 valence electrons. The van der Waals surface area contributed by atoms with E-state index in [1.54, 1.807) is 16.2 Å². The van der Waals surface area contributed by atoms with Crippen LogP contribution in [-0.4, -0.2) is 36.4 Å². The number of nitrogens with zero attached hydrogens (tertiary/aromatic N) is 2. The molecule has 2 aliphatic heterocycles. The molecule has 0 saturated carbocycles. The summed E-state index contributed by atoms with van der Waals surface area (Å²) in [6.45, 7) is 5.82. The second kappa shape index (κ2) is 7.35. The zero-order valence-electron chi connectivity index (χ0n) is 15.7. The molecule has 0 unspecified atom stereocenters. The molecule has 27 heavy (non-hydrogen) atoms. The van der Waals surface area contributed by atoms with Gasteiger partial charge in [-0.25, -0.2) is 0 Å². The van der Waals surface area contributed by atoms with Crippen LogP contribution in [0, 0.1) is 5.92 Å². The molecule has 2 amide bonds. The van der Waals surface area contributed by atoms with Crippen molar-refractivity contribution in [3.05, 3.63) is 46.2 Å². The summed E-state index contributed by atoms with van der Waals surface area (Å²) in [5.41, 5.74) is 2.08. The smallest absolute Gasteiger partial charge is 0.228 e. The summed E-state index contributed by atoms with van der Waals surface area (Å²) in [4.78, 5) is 30.7. The van der Waals surface area contributed by atoms with E-state index in [1.807, 2.05) is 36.1 Å². The summed E-state index contributed by atoms with van der Waals surface area (Å²) >= 11 is 1.77. The fourth-order valence-electron chi connectivity index (χ4n) is 4.06. The number of rotatable bonds is 4. The molecular weight excluding hydrogens is 360 g/mol. The summed E-state index contributed by atoms with van der Waals surface area (Å²) < 4.78 is 5.46. The lowest BCUT2D eigenvalue weighted by molar-refractivity contribution is -0.138. The molecule has 0 N–H and O–H groups in total. The molecule has 1 saturated heterocycles. The number of carbonyl (C=O) groups is 2. The van der Waals surface area contributed by atoms with Gasteiger partial charge >= 0.3 is 0 Å². The van der Waals surface area contributed by atoms with E-state index in [9.17, 15) is 9.59 Å². The molecule has 6 heteroatoms. The van der Waals surface area contributed by atoms with Gasteiger partial charge in [0.05, 0.1) is 18.6 Å². The summed E-state index contributed by atoms with van der Waals surface area (Å²) in [6, 6.07) is 9.71. The Morgan fingerprint density at radius 1 is 1.26 bits per heavy atom. The predicted molar refractivity (Wildman–Crippen MR) is 106 cm³/mol. The maximum Gasteiger partial charge on any atom is 0.228 e. The van der Waals surface area contributed by atoms with Gasteiger partial charge in [0.2, 0.25) is 11.8 Å². The largest absolute Gasteiger partial charge is 0.494 e. The van der Waals surface area contributed by atoms with Crippen LogP contribution in [0.4, 0.5) is 5.69 Å². The Morgan fingerprint density at radius 2 is 2.04 bits per heavy atom. The van der Waals surface area contributed by atoms with Crippen molar-refractivity contribution in [2.75, 3.05) is 24.6 Å². The number of anilines is 1. The van der Waals surface area contributed by atoms with Crippen LogP contribution in [-0.2, 0) is 16.0 Å². The number of benzene rings is 1. The average Bonchev–Trinajstić information content (AvgIpc) is 3.30. The highest BCUT2D eigenvalue weighted by atomic mass is 32.1. The second-order valence-corrected chi connectivity index (χ2v) is 8.09. The lowest BCUT2D eigenvalue weighted by atomic mass is 9.98. The highest BCUT2D eigenvalue weighted by molar-refractivity contribution is 7.10. The molecule has 2 atom stereocenters. The number of hydrogen-bond donors (Lipinski definition) is 0. The van der Waals surface area contributed by atoms with E-state index < -0.39 is 0 Å². The molecule has 2 aromatic rings. The predicted octanol–water partition coefficient (Wildman–Crippen LogP) is 3.65. The van der Waals surface area contributed by atoms with Crippen LogP contribution < -0.4 is 9.64 Å². The van der Waals surface area contributed by atoms with E-state index in [2.05, 4.69) is 18.4 Å². The van der Waals surface area contributed by atoms with Crippen LogP contribution >= 0.6 is 11.3 Å². The standard InChI is InChI=1S/C21H24N2O3S/c1-3-26-17-6-4-16(5-7-17)23-13-15(12-20(23)24)21(25)22-10-8-19-18(14(22)2)9-11-27-19/h4-7,9,11,14-15H,3,8,10,12-13H2,1-2H3/t14-,15-/m0/s1. The van der Waals surface area contributed by atoms with Crippen LogP contribution in [0.25, 0.3) is 0 Å². The Kier molecular flexibility index (Phi) is 4.91. The summed E-state index contributed by atoms with van der Waals surface area (Å²) in [7, 11) is 0. The lowest BCUT2D eigenvalue weighted by Crippen LogP contribution is -2.42. The molecule has 0 spiro atoms. The summed E-state index contributed by atoms with van der Waals surface area (Å²) in [5.74, 6) is 0.625. The summed E-state index contributed by atoms with van der Waals surface area (Å²) in [5, 5.41) is 2.10. The molecule has 0 bridgehead atoms. The van der Waals surface area contributed by atoms with Gasteiger partial charge < -0.3 is 14.5 Å². The third-order valence-corrected chi connectivity index (χ3v) is 6.49. The summed E-state index contributed by atoms with van der Waals surface area (Å²) in [6.07, 6.45) is 1.19. The third kappa shape index (κ3) is 3.34. The van der Waals surface area contributed by atoms with Crippen molar-refractivity contribution in [2.45, 2.75) is 32.7 Å². The lowest BCUT2D eigenvalue weighted by Gasteiger charge is -2.35. The molecule has 3 heterocycles. The van der Waals surface area contributed by atoms with Crippen LogP contribution in [0.15, 0.2) is 35.7 Å². The second-order valence-electron chi connectivity index (χ2n) is 7.09. The third-order valence-electron chi connectivity index (χ3n) is 5.49. The zero-order valence-corrected chi connectivity index (χ0v) is 16.5. The topological polar surface area (TPSA) is 49.9 Å². The van der Waals surface area contributed by atoms with Crippen LogP contribution in [0.2, 0.25) is 0 Å². The first kappa shape index (κ1) is 18.0. The highest BCUT2D eigenvalue weighted by Crippen LogP contribution is 2.35. The maximum atomic E-state index is 13.1. The van der Waals surface area contributed by atoms with Crippen molar-refractivity contribution >= 4 is 28.8 Å². The highest BCUT2D eigenvalue weighted by Gasteiger charge is 2.39. The number of amides is 2. The van der Waals surface area contributed by atoms with Gasteiger partial charge in [0.25, 0.3) is 0 Å². The Labute approximate surface area is 163 Å². The van der Waals surface area contributed by atoms with Crippen molar-refractivity contribution in [3.8, 4) is 5.75 Å². The van der Waals surface area contributed by atoms with E-state index in [0.717, 1.165) is 24.4 Å². The minimum absolute atomic E-state index is 0.0124. The maximum absolute atomic E-state index is 13.1. The Bertz CT molecular complexity index is 845. The molecule has 0 radical (unpaired) electrons. The van der Waals surface area contributed by atoms with Gasteiger partial charge in [0, 0.05) is 30.1 Å². The normalized spacial score (nSPS) is 22.1. The van der Waals surface area contributed by atoms with Gasteiger partial charge in [-0.15, -0.1) is 11.3 Å². The van der Waals surface area contributed by atoms with Crippen molar-refractivity contribution in [1.29, 1.82) is 0 Å². The van der Waals surface area contributed by atoms with E-state index in [0.29, 0.717) is 13.2 Å². The molecule has 0 aliphatic carbocycles. The molecule has 1 fully saturated rings. The van der Waals surface area contributed by atoms with Gasteiger partial charge in [0.1, 0.15) is 5.75 Å². The van der Waals surface area contributed by atoms with Gasteiger partial charge in [-0.2, -0.15) is 0 Å². The Balaban J connectivity index is 1.46. The first-order chi connectivity index (χ1) is 13.1. The van der Waals surface area contributed by atoms with E-state index in [4.69, 9.17) is 4.74 Å². The minimum Gasteiger partial charge on any atom is -0.494 e. The number of thiophene rings is 1. The molecule has 1 aromatic heterocycles. The number of ether oxygens (including phenoxy) is 1. The molecule has 1 aromatic carbocycles. The van der Waals surface area contributed by atoms with Crippen molar-refractivity contribution in [2.24, 2.45) is 5.92 Å². The first-order valence-electron chi connectivity index (χ1n) is 9.48. The minimum atomic E-state index is -0.272. The van der Waals surface area contributed by atoms with E-state index in [-0.39, 0.29) is 30.2 Å². The first-order valence-corrected chi connectivity index (χ1v) is 10.4. The fraction of sp³-hybridized carbons (Fsp3) is 0.429. The number of fused-ring (bicyclic) bond motifs is 1. The van der Waals surface area contributed by atoms with Gasteiger partial charge in [-0.3, -0.25) is 9.59 Å². The van der Waals surface area contributed by atoms with E-state index in [1.165, 1.54) is 10.4 Å². The van der Waals surface area contributed by atoms with Gasteiger partial charge in [-0.05, 0) is 61.5 Å². The van der Waals surface area contributed by atoms with Crippen LogP contribution in [0.5, 0.6) is 5.75 Å². The molecular formula is C21H24N2O3S. The quantitative estimate of drug-likeness (QED) is 0.809. The van der Waals surface area contributed by atoms with Crippen molar-refractivity contribution in [3.63, 3.8) is 0 Å². The van der Waals surface area contributed by atoms with Crippen LogP contribution in [0.1, 0.15) is 36.8 Å². The van der Waals surface area contributed by atoms with E-state index >= 15 is 0 Å². The molecule has 4 rings (SSSR count). The monoisotopic (exact) mass is 384 g/mol. The van der Waals surface area contributed by atoms with Gasteiger partial charge in [-0.1, -0.05) is 0 Å². The number of hydrogen-bond acceptors (Lipinski definition) is 4. The van der Waals surface area contributed by atoms with Crippen molar-refractivity contribution < 1.29 is 14.3 Å². The molecule has 5 nitrogen and oxygen atoms in total. The SMILES string of the molecule is CCOc1ccc(N2C[C@@H](C(=O)N3CCc4sccc4[C@@H]3C)CC2=O)cc1. The number of carbonyl (C=O) groups excluding carboxylic acids is 2. The fourth-order valence-corrected chi connectivity index (χ4v) is 5.02. The van der Waals surface area contributed by atoms with Gasteiger partial charge in [0.15, 0.2) is 0 Å². The van der Waals surface area contributed by atoms with Crippen molar-refractivity contribution in [1.82, 2.24) is 4.90 Å². The average molecular weight is 385 g/mol. The Morgan fingerprint density at radius 3 is 2.78 bits per heavy atom. The molecule has 2 aliphatic rings. The Hall–Kier alpha value is -2.34.